The molecule has 0 bridgehead atoms. The first-order valence-electron chi connectivity index (χ1n) is 9.35. The number of rotatable bonds is 6. The monoisotopic (exact) mass is 418 g/mol. The van der Waals surface area contributed by atoms with Crippen molar-refractivity contribution >= 4 is 22.0 Å². The minimum atomic E-state index is -3.62. The molecule has 8 heteroatoms. The maximum absolute atomic E-state index is 12.9. The second kappa shape index (κ2) is 9.19. The van der Waals surface area contributed by atoms with Crippen LogP contribution in [-0.2, 0) is 14.8 Å². The summed E-state index contributed by atoms with van der Waals surface area (Å²) in [6.07, 6.45) is 3.04. The number of carbonyl (C=O) groups excluding carboxylic acids is 1. The maximum atomic E-state index is 12.9. The highest BCUT2D eigenvalue weighted by atomic mass is 32.2. The second-order valence-corrected chi connectivity index (χ2v) is 8.46. The Morgan fingerprint density at radius 3 is 2.24 bits per heavy atom. The van der Waals surface area contributed by atoms with Crippen molar-refractivity contribution in [2.24, 2.45) is 0 Å². The van der Waals surface area contributed by atoms with Crippen molar-refractivity contribution in [1.29, 1.82) is 0 Å². The zero-order valence-electron chi connectivity index (χ0n) is 16.1. The number of carbonyl (C=O) groups is 1. The van der Waals surface area contributed by atoms with Gasteiger partial charge in [-0.05, 0) is 55.0 Å². The summed E-state index contributed by atoms with van der Waals surface area (Å²) in [7, 11) is -3.62. The smallest absolute Gasteiger partial charge is 0.246 e. The Morgan fingerprint density at radius 2 is 1.66 bits per heavy atom. The highest BCUT2D eigenvalue weighted by Crippen LogP contribution is 2.21. The number of piperazine rings is 1. The zero-order chi connectivity index (χ0) is 20.9. The number of hydrogen-bond acceptors (Lipinski definition) is 4. The fourth-order valence-electron chi connectivity index (χ4n) is 3.02. The minimum Gasteiger partial charge on any atom is -0.494 e. The fourth-order valence-corrected chi connectivity index (χ4v) is 4.44. The van der Waals surface area contributed by atoms with Crippen molar-refractivity contribution < 1.29 is 22.3 Å². The predicted octanol–water partition coefficient (Wildman–Crippen LogP) is 2.77. The fraction of sp³-hybridized carbons (Fsp3) is 0.286. The third-order valence-corrected chi connectivity index (χ3v) is 6.52. The first kappa shape index (κ1) is 21.0. The van der Waals surface area contributed by atoms with E-state index in [2.05, 4.69) is 0 Å². The van der Waals surface area contributed by atoms with Crippen molar-refractivity contribution in [3.8, 4) is 5.75 Å². The summed E-state index contributed by atoms with van der Waals surface area (Å²) in [6, 6.07) is 12.2. The second-order valence-electron chi connectivity index (χ2n) is 6.52. The van der Waals surface area contributed by atoms with Gasteiger partial charge >= 0.3 is 0 Å². The van der Waals surface area contributed by atoms with E-state index in [0.717, 1.165) is 5.56 Å². The standard InChI is InChI=1S/C21H23FN2O4S/c1-2-28-19-8-10-20(11-9-19)29(26,27)24-15-13-23(14-16-24)21(25)12-5-17-3-6-18(22)7-4-17/h3-12H,2,13-16H2,1H3. The summed E-state index contributed by atoms with van der Waals surface area (Å²) >= 11 is 0. The van der Waals surface area contributed by atoms with Crippen molar-refractivity contribution in [3.05, 3.63) is 66.0 Å². The summed E-state index contributed by atoms with van der Waals surface area (Å²) in [4.78, 5) is 14.2. The number of halogens is 1. The van der Waals surface area contributed by atoms with E-state index in [0.29, 0.717) is 25.4 Å². The number of benzene rings is 2. The Labute approximate surface area is 170 Å². The molecule has 0 aliphatic carbocycles. The third-order valence-electron chi connectivity index (χ3n) is 4.61. The van der Waals surface area contributed by atoms with Crippen LogP contribution in [-0.4, -0.2) is 56.3 Å². The number of hydrogen-bond donors (Lipinski definition) is 0. The topological polar surface area (TPSA) is 66.9 Å². The lowest BCUT2D eigenvalue weighted by Gasteiger charge is -2.33. The van der Waals surface area contributed by atoms with Crippen LogP contribution < -0.4 is 4.74 Å². The van der Waals surface area contributed by atoms with Crippen LogP contribution in [0.15, 0.2) is 59.5 Å². The van der Waals surface area contributed by atoms with Gasteiger partial charge in [0.15, 0.2) is 0 Å². The molecule has 29 heavy (non-hydrogen) atoms. The summed E-state index contributed by atoms with van der Waals surface area (Å²) in [5, 5.41) is 0. The average Bonchev–Trinajstić information content (AvgIpc) is 2.74. The van der Waals surface area contributed by atoms with Crippen LogP contribution in [0.4, 0.5) is 4.39 Å². The van der Waals surface area contributed by atoms with Crippen LogP contribution in [0.3, 0.4) is 0 Å². The Balaban J connectivity index is 1.58. The Morgan fingerprint density at radius 1 is 1.03 bits per heavy atom. The Kier molecular flexibility index (Phi) is 6.66. The number of sulfonamides is 1. The molecule has 0 N–H and O–H groups in total. The molecule has 2 aromatic rings. The molecule has 0 spiro atoms. The molecule has 1 heterocycles. The first-order chi connectivity index (χ1) is 13.9. The lowest BCUT2D eigenvalue weighted by Crippen LogP contribution is -2.50. The maximum Gasteiger partial charge on any atom is 0.246 e. The summed E-state index contributed by atoms with van der Waals surface area (Å²) in [5.74, 6) is 0.0839. The number of nitrogens with zero attached hydrogens (tertiary/aromatic N) is 2. The van der Waals surface area contributed by atoms with Gasteiger partial charge in [0.2, 0.25) is 15.9 Å². The zero-order valence-corrected chi connectivity index (χ0v) is 16.9. The summed E-state index contributed by atoms with van der Waals surface area (Å²) in [6.45, 7) is 3.45. The van der Waals surface area contributed by atoms with E-state index in [9.17, 15) is 17.6 Å². The minimum absolute atomic E-state index is 0.201. The molecule has 0 atom stereocenters. The van der Waals surface area contributed by atoms with Crippen LogP contribution in [0.5, 0.6) is 5.75 Å². The number of amides is 1. The molecular formula is C21H23FN2O4S. The van der Waals surface area contributed by atoms with Crippen LogP contribution >= 0.6 is 0 Å². The molecule has 2 aromatic carbocycles. The summed E-state index contributed by atoms with van der Waals surface area (Å²) in [5.41, 5.74) is 0.719. The quantitative estimate of drug-likeness (QED) is 0.677. The van der Waals surface area contributed by atoms with Gasteiger partial charge in [-0.25, -0.2) is 12.8 Å². The largest absolute Gasteiger partial charge is 0.494 e. The predicted molar refractivity (Wildman–Crippen MR) is 108 cm³/mol. The summed E-state index contributed by atoms with van der Waals surface area (Å²) < 4.78 is 45.3. The van der Waals surface area contributed by atoms with Gasteiger partial charge in [-0.1, -0.05) is 12.1 Å². The van der Waals surface area contributed by atoms with Gasteiger partial charge in [0.05, 0.1) is 11.5 Å². The van der Waals surface area contributed by atoms with Gasteiger partial charge in [-0.3, -0.25) is 4.79 Å². The molecule has 1 saturated heterocycles. The van der Waals surface area contributed by atoms with E-state index < -0.39 is 10.0 Å². The number of ether oxygens (including phenoxy) is 1. The Bertz CT molecular complexity index is 965. The molecule has 154 valence electrons. The van der Waals surface area contributed by atoms with Gasteiger partial charge in [0.1, 0.15) is 11.6 Å². The average molecular weight is 418 g/mol. The lowest BCUT2D eigenvalue weighted by molar-refractivity contribution is -0.127. The van der Waals surface area contributed by atoms with E-state index in [1.54, 1.807) is 35.2 Å². The SMILES string of the molecule is CCOc1ccc(S(=O)(=O)N2CCN(C(=O)C=Cc3ccc(F)cc3)CC2)cc1. The Hall–Kier alpha value is -2.71. The molecule has 1 aliphatic heterocycles. The molecule has 0 saturated carbocycles. The third kappa shape index (κ3) is 5.21. The van der Waals surface area contributed by atoms with Crippen molar-refractivity contribution in [3.63, 3.8) is 0 Å². The van der Waals surface area contributed by atoms with Gasteiger partial charge < -0.3 is 9.64 Å². The molecule has 1 fully saturated rings. The van der Waals surface area contributed by atoms with Gasteiger partial charge in [0.25, 0.3) is 0 Å². The molecule has 3 rings (SSSR count). The van der Waals surface area contributed by atoms with Crippen LogP contribution in [0.1, 0.15) is 12.5 Å². The molecule has 6 nitrogen and oxygen atoms in total. The molecule has 0 aromatic heterocycles. The first-order valence-corrected chi connectivity index (χ1v) is 10.8. The van der Waals surface area contributed by atoms with E-state index in [4.69, 9.17) is 4.74 Å². The normalized spacial score (nSPS) is 15.6. The van der Waals surface area contributed by atoms with E-state index in [-0.39, 0.29) is 29.7 Å². The van der Waals surface area contributed by atoms with Crippen molar-refractivity contribution in [1.82, 2.24) is 9.21 Å². The van der Waals surface area contributed by atoms with E-state index >= 15 is 0 Å². The van der Waals surface area contributed by atoms with Gasteiger partial charge in [-0.15, -0.1) is 0 Å². The van der Waals surface area contributed by atoms with Gasteiger partial charge in [0, 0.05) is 32.3 Å². The van der Waals surface area contributed by atoms with Crippen LogP contribution in [0.25, 0.3) is 6.08 Å². The lowest BCUT2D eigenvalue weighted by atomic mass is 10.2. The molecule has 0 unspecified atom stereocenters. The van der Waals surface area contributed by atoms with Crippen LogP contribution in [0.2, 0.25) is 0 Å². The highest BCUT2D eigenvalue weighted by molar-refractivity contribution is 7.89. The molecular weight excluding hydrogens is 395 g/mol. The van der Waals surface area contributed by atoms with E-state index in [1.807, 2.05) is 6.92 Å². The highest BCUT2D eigenvalue weighted by Gasteiger charge is 2.29. The van der Waals surface area contributed by atoms with Crippen molar-refractivity contribution in [2.75, 3.05) is 32.8 Å². The molecule has 1 amide bonds. The van der Waals surface area contributed by atoms with Crippen molar-refractivity contribution in [2.45, 2.75) is 11.8 Å². The van der Waals surface area contributed by atoms with Gasteiger partial charge in [-0.2, -0.15) is 4.31 Å². The van der Waals surface area contributed by atoms with E-state index in [1.165, 1.54) is 34.6 Å². The molecule has 1 aliphatic rings. The molecule has 0 radical (unpaired) electrons. The van der Waals surface area contributed by atoms with Crippen LogP contribution in [0, 0.1) is 5.82 Å².